The zero-order valence-electron chi connectivity index (χ0n) is 8.59. The van der Waals surface area contributed by atoms with Gasteiger partial charge in [0.05, 0.1) is 6.61 Å². The van der Waals surface area contributed by atoms with Crippen LogP contribution in [0.2, 0.25) is 0 Å². The van der Waals surface area contributed by atoms with Gasteiger partial charge in [0.25, 0.3) is 0 Å². The molecular formula is C12H15BrO. The lowest BCUT2D eigenvalue weighted by atomic mass is 10.1. The van der Waals surface area contributed by atoms with Gasteiger partial charge in [-0.25, -0.2) is 0 Å². The average Bonchev–Trinajstić information content (AvgIpc) is 2.45. The van der Waals surface area contributed by atoms with E-state index in [1.54, 1.807) is 0 Å². The Morgan fingerprint density at radius 1 is 1.50 bits per heavy atom. The standard InChI is InChI=1S/C12H15BrO/c1-3-14-10-5-4-9-6-8(2)12(13)11(9)7-10/h4-5,7-8,12H,3,6H2,1-2H3. The number of alkyl halides is 1. The molecule has 1 nitrogen and oxygen atoms in total. The predicted molar refractivity (Wildman–Crippen MR) is 62.1 cm³/mol. The Hall–Kier alpha value is -0.500. The number of rotatable bonds is 2. The van der Waals surface area contributed by atoms with Crippen molar-refractivity contribution in [2.24, 2.45) is 5.92 Å². The van der Waals surface area contributed by atoms with Gasteiger partial charge < -0.3 is 4.74 Å². The highest BCUT2D eigenvalue weighted by molar-refractivity contribution is 9.09. The highest BCUT2D eigenvalue weighted by Crippen LogP contribution is 2.43. The molecule has 0 N–H and O–H groups in total. The Morgan fingerprint density at radius 2 is 2.29 bits per heavy atom. The van der Waals surface area contributed by atoms with Gasteiger partial charge in [0.1, 0.15) is 5.75 Å². The minimum Gasteiger partial charge on any atom is -0.494 e. The molecule has 1 aliphatic rings. The Kier molecular flexibility index (Phi) is 2.82. The summed E-state index contributed by atoms with van der Waals surface area (Å²) in [7, 11) is 0. The molecular weight excluding hydrogens is 240 g/mol. The molecule has 14 heavy (non-hydrogen) atoms. The van der Waals surface area contributed by atoms with E-state index in [0.29, 0.717) is 10.7 Å². The Bertz CT molecular complexity index is 335. The summed E-state index contributed by atoms with van der Waals surface area (Å²) in [5.74, 6) is 1.69. The van der Waals surface area contributed by atoms with Crippen LogP contribution in [0.15, 0.2) is 18.2 Å². The molecule has 1 aromatic rings. The molecule has 0 bridgehead atoms. The monoisotopic (exact) mass is 254 g/mol. The molecule has 0 aliphatic heterocycles. The second kappa shape index (κ2) is 3.93. The molecule has 1 aromatic carbocycles. The quantitative estimate of drug-likeness (QED) is 0.732. The number of ether oxygens (including phenoxy) is 1. The summed E-state index contributed by atoms with van der Waals surface area (Å²) < 4.78 is 5.49. The number of benzene rings is 1. The second-order valence-corrected chi connectivity index (χ2v) is 4.86. The van der Waals surface area contributed by atoms with E-state index >= 15 is 0 Å². The van der Waals surface area contributed by atoms with E-state index in [1.807, 2.05) is 6.92 Å². The molecule has 0 saturated heterocycles. The van der Waals surface area contributed by atoms with E-state index in [-0.39, 0.29) is 0 Å². The topological polar surface area (TPSA) is 9.23 Å². The molecule has 2 atom stereocenters. The highest BCUT2D eigenvalue weighted by Gasteiger charge is 2.27. The van der Waals surface area contributed by atoms with Crippen LogP contribution in [0.5, 0.6) is 5.75 Å². The molecule has 0 amide bonds. The number of hydrogen-bond donors (Lipinski definition) is 0. The van der Waals surface area contributed by atoms with Crippen molar-refractivity contribution in [3.63, 3.8) is 0 Å². The van der Waals surface area contributed by atoms with Gasteiger partial charge in [-0.05, 0) is 42.5 Å². The molecule has 0 heterocycles. The third kappa shape index (κ3) is 1.68. The molecule has 1 aliphatic carbocycles. The van der Waals surface area contributed by atoms with Crippen molar-refractivity contribution < 1.29 is 4.74 Å². The van der Waals surface area contributed by atoms with Gasteiger partial charge in [-0.15, -0.1) is 0 Å². The first-order valence-electron chi connectivity index (χ1n) is 5.12. The van der Waals surface area contributed by atoms with Gasteiger partial charge >= 0.3 is 0 Å². The molecule has 0 aromatic heterocycles. The van der Waals surface area contributed by atoms with Gasteiger partial charge in [-0.3, -0.25) is 0 Å². The van der Waals surface area contributed by atoms with Crippen LogP contribution in [-0.2, 0) is 6.42 Å². The van der Waals surface area contributed by atoms with Crippen molar-refractivity contribution in [3.8, 4) is 5.75 Å². The summed E-state index contributed by atoms with van der Waals surface area (Å²) in [6, 6.07) is 6.43. The molecule has 2 rings (SSSR count). The molecule has 76 valence electrons. The Balaban J connectivity index is 2.31. The molecule has 0 saturated carbocycles. The van der Waals surface area contributed by atoms with E-state index in [9.17, 15) is 0 Å². The summed E-state index contributed by atoms with van der Waals surface area (Å²) in [5.41, 5.74) is 2.87. The largest absolute Gasteiger partial charge is 0.494 e. The lowest BCUT2D eigenvalue weighted by Gasteiger charge is -2.09. The lowest BCUT2D eigenvalue weighted by Crippen LogP contribution is -1.95. The third-order valence-corrected chi connectivity index (χ3v) is 4.16. The predicted octanol–water partition coefficient (Wildman–Crippen LogP) is 3.71. The first-order chi connectivity index (χ1) is 6.72. The van der Waals surface area contributed by atoms with Gasteiger partial charge in [0.2, 0.25) is 0 Å². The summed E-state index contributed by atoms with van der Waals surface area (Å²) in [4.78, 5) is 0.498. The van der Waals surface area contributed by atoms with E-state index in [1.165, 1.54) is 17.5 Å². The molecule has 0 spiro atoms. The second-order valence-electron chi connectivity index (χ2n) is 3.88. The summed E-state index contributed by atoms with van der Waals surface area (Å²) in [5, 5.41) is 0. The smallest absolute Gasteiger partial charge is 0.119 e. The molecule has 0 fully saturated rings. The minimum atomic E-state index is 0.498. The zero-order chi connectivity index (χ0) is 10.1. The lowest BCUT2D eigenvalue weighted by molar-refractivity contribution is 0.340. The van der Waals surface area contributed by atoms with Crippen LogP contribution in [0, 0.1) is 5.92 Å². The maximum Gasteiger partial charge on any atom is 0.119 e. The van der Waals surface area contributed by atoms with Crippen LogP contribution in [-0.4, -0.2) is 6.61 Å². The van der Waals surface area contributed by atoms with Crippen molar-refractivity contribution >= 4 is 15.9 Å². The van der Waals surface area contributed by atoms with Crippen LogP contribution in [0.25, 0.3) is 0 Å². The molecule has 2 heteroatoms. The first-order valence-corrected chi connectivity index (χ1v) is 6.03. The van der Waals surface area contributed by atoms with E-state index in [4.69, 9.17) is 4.74 Å². The van der Waals surface area contributed by atoms with E-state index in [2.05, 4.69) is 41.1 Å². The Morgan fingerprint density at radius 3 is 3.00 bits per heavy atom. The number of halogens is 1. The number of hydrogen-bond acceptors (Lipinski definition) is 1. The summed E-state index contributed by atoms with van der Waals surface area (Å²) >= 11 is 3.73. The van der Waals surface area contributed by atoms with Crippen molar-refractivity contribution in [3.05, 3.63) is 29.3 Å². The third-order valence-electron chi connectivity index (χ3n) is 2.77. The fourth-order valence-corrected chi connectivity index (χ4v) is 2.64. The number of fused-ring (bicyclic) bond motifs is 1. The van der Waals surface area contributed by atoms with Crippen molar-refractivity contribution in [1.29, 1.82) is 0 Å². The van der Waals surface area contributed by atoms with Crippen LogP contribution in [0.4, 0.5) is 0 Å². The fraction of sp³-hybridized carbons (Fsp3) is 0.500. The van der Waals surface area contributed by atoms with Gasteiger partial charge in [-0.2, -0.15) is 0 Å². The maximum absolute atomic E-state index is 5.49. The average molecular weight is 255 g/mol. The van der Waals surface area contributed by atoms with Gasteiger partial charge in [-0.1, -0.05) is 28.9 Å². The normalized spacial score (nSPS) is 24.8. The fourth-order valence-electron chi connectivity index (χ4n) is 2.03. The molecule has 2 unspecified atom stereocenters. The van der Waals surface area contributed by atoms with Crippen molar-refractivity contribution in [1.82, 2.24) is 0 Å². The molecule has 0 radical (unpaired) electrons. The summed E-state index contributed by atoms with van der Waals surface area (Å²) in [6.07, 6.45) is 1.18. The van der Waals surface area contributed by atoms with Crippen LogP contribution >= 0.6 is 15.9 Å². The van der Waals surface area contributed by atoms with E-state index in [0.717, 1.165) is 12.4 Å². The zero-order valence-corrected chi connectivity index (χ0v) is 10.2. The van der Waals surface area contributed by atoms with Crippen LogP contribution < -0.4 is 4.74 Å². The van der Waals surface area contributed by atoms with Gasteiger partial charge in [0, 0.05) is 4.83 Å². The van der Waals surface area contributed by atoms with Gasteiger partial charge in [0.15, 0.2) is 0 Å². The Labute approximate surface area is 93.6 Å². The SMILES string of the molecule is CCOc1ccc2c(c1)C(Br)C(C)C2. The van der Waals surface area contributed by atoms with Crippen molar-refractivity contribution in [2.75, 3.05) is 6.61 Å². The highest BCUT2D eigenvalue weighted by atomic mass is 79.9. The van der Waals surface area contributed by atoms with Crippen LogP contribution in [0.1, 0.15) is 29.8 Å². The van der Waals surface area contributed by atoms with E-state index < -0.39 is 0 Å². The maximum atomic E-state index is 5.49. The summed E-state index contributed by atoms with van der Waals surface area (Å²) in [6.45, 7) is 5.03. The first kappa shape index (κ1) is 10.0. The van der Waals surface area contributed by atoms with Crippen molar-refractivity contribution in [2.45, 2.75) is 25.1 Å². The minimum absolute atomic E-state index is 0.498. The van der Waals surface area contributed by atoms with Crippen LogP contribution in [0.3, 0.4) is 0 Å².